The van der Waals surface area contributed by atoms with Crippen LogP contribution in [0.4, 0.5) is 5.82 Å². The lowest BCUT2D eigenvalue weighted by Gasteiger charge is -2.33. The van der Waals surface area contributed by atoms with Crippen molar-refractivity contribution in [1.29, 1.82) is 0 Å². The molecule has 0 aromatic carbocycles. The Hall–Kier alpha value is -2.80. The zero-order chi connectivity index (χ0) is 17.1. The fourth-order valence-corrected chi connectivity index (χ4v) is 3.26. The van der Waals surface area contributed by atoms with Crippen molar-refractivity contribution in [3.8, 4) is 0 Å². The molecule has 3 aromatic heterocycles. The Balaban J connectivity index is 1.43. The molecule has 1 N–H and O–H groups in total. The molecule has 25 heavy (non-hydrogen) atoms. The third kappa shape index (κ3) is 3.51. The van der Waals surface area contributed by atoms with Crippen molar-refractivity contribution in [2.75, 3.05) is 18.0 Å². The van der Waals surface area contributed by atoms with Crippen LogP contribution >= 0.6 is 0 Å². The maximum Gasteiger partial charge on any atom is 0.258 e. The number of hydrogen-bond donors (Lipinski definition) is 1. The van der Waals surface area contributed by atoms with Gasteiger partial charge in [0.15, 0.2) is 5.82 Å². The van der Waals surface area contributed by atoms with Crippen molar-refractivity contribution >= 4 is 11.5 Å². The molecule has 1 atom stereocenters. The topological polar surface area (TPSA) is 75.4 Å². The molecule has 3 aromatic rings. The summed E-state index contributed by atoms with van der Waals surface area (Å²) >= 11 is 0. The summed E-state index contributed by atoms with van der Waals surface area (Å²) in [5, 5.41) is 11.7. The van der Waals surface area contributed by atoms with E-state index in [1.807, 2.05) is 30.3 Å². The molecular formula is C18H20N6O. The number of piperidine rings is 1. The molecule has 7 heteroatoms. The minimum absolute atomic E-state index is 0.0489. The van der Waals surface area contributed by atoms with E-state index in [1.54, 1.807) is 22.9 Å². The van der Waals surface area contributed by atoms with E-state index in [4.69, 9.17) is 0 Å². The number of hydrogen-bond acceptors (Lipinski definition) is 6. The molecule has 0 aliphatic carbocycles. The summed E-state index contributed by atoms with van der Waals surface area (Å²) < 4.78 is 1.56. The van der Waals surface area contributed by atoms with Gasteiger partial charge in [0.05, 0.1) is 5.69 Å². The van der Waals surface area contributed by atoms with Crippen LogP contribution in [0.1, 0.15) is 18.5 Å². The first-order valence-electron chi connectivity index (χ1n) is 8.53. The molecule has 7 nitrogen and oxygen atoms in total. The largest absolute Gasteiger partial charge is 0.354 e. The van der Waals surface area contributed by atoms with Crippen molar-refractivity contribution in [1.82, 2.24) is 24.9 Å². The Kier molecular flexibility index (Phi) is 4.39. The van der Waals surface area contributed by atoms with Crippen LogP contribution in [-0.4, -0.2) is 38.7 Å². The predicted octanol–water partition coefficient (Wildman–Crippen LogP) is 1.24. The minimum atomic E-state index is -0.0489. The Morgan fingerprint density at radius 1 is 1.24 bits per heavy atom. The van der Waals surface area contributed by atoms with Crippen molar-refractivity contribution < 1.29 is 0 Å². The lowest BCUT2D eigenvalue weighted by molar-refractivity contribution is 0.417. The number of nitrogens with zero attached hydrogens (tertiary/aromatic N) is 5. The molecule has 128 valence electrons. The highest BCUT2D eigenvalue weighted by Gasteiger charge is 2.20. The fraction of sp³-hybridized carbons (Fsp3) is 0.333. The average Bonchev–Trinajstić information content (AvgIpc) is 2.67. The second-order valence-corrected chi connectivity index (χ2v) is 6.26. The molecule has 4 heterocycles. The summed E-state index contributed by atoms with van der Waals surface area (Å²) in [6.45, 7) is 2.46. The normalized spacial score (nSPS) is 17.8. The molecule has 0 saturated carbocycles. The lowest BCUT2D eigenvalue weighted by atomic mass is 10.1. The Morgan fingerprint density at radius 2 is 2.20 bits per heavy atom. The van der Waals surface area contributed by atoms with Gasteiger partial charge in [0, 0.05) is 44.1 Å². The van der Waals surface area contributed by atoms with Crippen molar-refractivity contribution in [2.24, 2.45) is 0 Å². The number of nitrogens with one attached hydrogen (secondary N) is 1. The first-order chi connectivity index (χ1) is 12.3. The van der Waals surface area contributed by atoms with E-state index in [-0.39, 0.29) is 5.56 Å². The van der Waals surface area contributed by atoms with E-state index in [0.29, 0.717) is 18.2 Å². The maximum atomic E-state index is 12.2. The first kappa shape index (κ1) is 15.7. The van der Waals surface area contributed by atoms with Crippen LogP contribution in [0.5, 0.6) is 0 Å². The summed E-state index contributed by atoms with van der Waals surface area (Å²) in [4.78, 5) is 19.0. The van der Waals surface area contributed by atoms with Gasteiger partial charge in [-0.05, 0) is 37.1 Å². The molecule has 0 radical (unpaired) electrons. The van der Waals surface area contributed by atoms with E-state index in [2.05, 4.69) is 25.4 Å². The molecule has 0 bridgehead atoms. The molecule has 1 fully saturated rings. The molecule has 1 aliphatic heterocycles. The molecule has 4 rings (SSSR count). The van der Waals surface area contributed by atoms with E-state index in [1.165, 1.54) is 0 Å². The summed E-state index contributed by atoms with van der Waals surface area (Å²) in [7, 11) is 0. The standard InChI is InChI=1S/C18H20N6O/c25-18-11-15(21-16-6-1-2-10-24(16)18)12-19-14-5-4-9-23(13-14)17-7-3-8-20-22-17/h1-3,6-8,10-11,14,19H,4-5,9,12-13H2/t14-/m0/s1. The summed E-state index contributed by atoms with van der Waals surface area (Å²) in [5.41, 5.74) is 1.40. The van der Waals surface area contributed by atoms with Crippen LogP contribution in [-0.2, 0) is 6.54 Å². The average molecular weight is 336 g/mol. The fourth-order valence-electron chi connectivity index (χ4n) is 3.26. The van der Waals surface area contributed by atoms with Gasteiger partial charge in [0.1, 0.15) is 5.65 Å². The van der Waals surface area contributed by atoms with Gasteiger partial charge in [-0.15, -0.1) is 5.10 Å². The van der Waals surface area contributed by atoms with Crippen LogP contribution in [0, 0.1) is 0 Å². The van der Waals surface area contributed by atoms with E-state index in [0.717, 1.165) is 37.4 Å². The lowest BCUT2D eigenvalue weighted by Crippen LogP contribution is -2.46. The van der Waals surface area contributed by atoms with Gasteiger partial charge in [-0.2, -0.15) is 5.10 Å². The highest BCUT2D eigenvalue weighted by Crippen LogP contribution is 2.16. The monoisotopic (exact) mass is 336 g/mol. The van der Waals surface area contributed by atoms with Gasteiger partial charge < -0.3 is 10.2 Å². The minimum Gasteiger partial charge on any atom is -0.354 e. The van der Waals surface area contributed by atoms with Gasteiger partial charge in [-0.25, -0.2) is 4.98 Å². The Morgan fingerprint density at radius 3 is 3.08 bits per heavy atom. The summed E-state index contributed by atoms with van der Waals surface area (Å²) in [6.07, 6.45) is 5.63. The van der Waals surface area contributed by atoms with Crippen molar-refractivity contribution in [3.05, 3.63) is 64.8 Å². The van der Waals surface area contributed by atoms with Crippen molar-refractivity contribution in [3.63, 3.8) is 0 Å². The van der Waals surface area contributed by atoms with Gasteiger partial charge in [-0.1, -0.05) is 6.07 Å². The van der Waals surface area contributed by atoms with Crippen LogP contribution in [0.15, 0.2) is 53.6 Å². The van der Waals surface area contributed by atoms with Crippen LogP contribution in [0.3, 0.4) is 0 Å². The predicted molar refractivity (Wildman–Crippen MR) is 95.6 cm³/mol. The summed E-state index contributed by atoms with van der Waals surface area (Å²) in [6, 6.07) is 11.4. The van der Waals surface area contributed by atoms with Gasteiger partial charge in [0.25, 0.3) is 5.56 Å². The highest BCUT2D eigenvalue weighted by molar-refractivity contribution is 5.38. The Labute approximate surface area is 145 Å². The van der Waals surface area contributed by atoms with Gasteiger partial charge in [0.2, 0.25) is 0 Å². The van der Waals surface area contributed by atoms with E-state index < -0.39 is 0 Å². The van der Waals surface area contributed by atoms with Crippen molar-refractivity contribution in [2.45, 2.75) is 25.4 Å². The SMILES string of the molecule is O=c1cc(CN[C@H]2CCCN(c3cccnn3)C2)nc2ccccn12. The molecule has 1 saturated heterocycles. The van der Waals surface area contributed by atoms with Crippen LogP contribution in [0.25, 0.3) is 5.65 Å². The smallest absolute Gasteiger partial charge is 0.258 e. The number of anilines is 1. The molecule has 0 spiro atoms. The zero-order valence-corrected chi connectivity index (χ0v) is 13.9. The molecule has 1 aliphatic rings. The van der Waals surface area contributed by atoms with E-state index >= 15 is 0 Å². The zero-order valence-electron chi connectivity index (χ0n) is 13.9. The van der Waals surface area contributed by atoms with Crippen LogP contribution < -0.4 is 15.8 Å². The summed E-state index contributed by atoms with van der Waals surface area (Å²) in [5.74, 6) is 0.913. The Bertz CT molecular complexity index is 910. The molecule has 0 amide bonds. The van der Waals surface area contributed by atoms with Gasteiger partial charge >= 0.3 is 0 Å². The second kappa shape index (κ2) is 6.98. The third-order valence-electron chi connectivity index (χ3n) is 4.50. The first-order valence-corrected chi connectivity index (χ1v) is 8.53. The number of fused-ring (bicyclic) bond motifs is 1. The quantitative estimate of drug-likeness (QED) is 0.773. The second-order valence-electron chi connectivity index (χ2n) is 6.26. The molecular weight excluding hydrogens is 316 g/mol. The number of aromatic nitrogens is 4. The maximum absolute atomic E-state index is 12.2. The third-order valence-corrected chi connectivity index (χ3v) is 4.50. The molecule has 0 unspecified atom stereocenters. The highest BCUT2D eigenvalue weighted by atomic mass is 16.1. The van der Waals surface area contributed by atoms with E-state index in [9.17, 15) is 4.79 Å². The number of rotatable bonds is 4. The number of pyridine rings is 1. The van der Waals surface area contributed by atoms with Crippen LogP contribution in [0.2, 0.25) is 0 Å². The van der Waals surface area contributed by atoms with Gasteiger partial charge in [-0.3, -0.25) is 9.20 Å².